The lowest BCUT2D eigenvalue weighted by molar-refractivity contribution is -0.135. The third-order valence-electron chi connectivity index (χ3n) is 2.34. The molecule has 0 aromatic heterocycles. The van der Waals surface area contributed by atoms with Gasteiger partial charge in [0.25, 0.3) is 0 Å². The minimum Gasteiger partial charge on any atom is -0.425 e. The Morgan fingerprint density at radius 2 is 1.94 bits per heavy atom. The SMILES string of the molecule is Cc1ccccc1OC(=O)CNC(=O)CC(C)C. The van der Waals surface area contributed by atoms with Gasteiger partial charge in [0.05, 0.1) is 0 Å². The third kappa shape index (κ3) is 4.99. The molecular formula is C14H19NO3. The summed E-state index contributed by atoms with van der Waals surface area (Å²) in [6.07, 6.45) is 0.414. The van der Waals surface area contributed by atoms with Gasteiger partial charge in [-0.3, -0.25) is 4.79 Å². The summed E-state index contributed by atoms with van der Waals surface area (Å²) < 4.78 is 5.15. The highest BCUT2D eigenvalue weighted by atomic mass is 16.5. The largest absolute Gasteiger partial charge is 0.425 e. The number of hydrogen-bond donors (Lipinski definition) is 1. The van der Waals surface area contributed by atoms with Gasteiger partial charge >= 0.3 is 5.97 Å². The van der Waals surface area contributed by atoms with E-state index in [1.807, 2.05) is 32.9 Å². The second-order valence-corrected chi connectivity index (χ2v) is 4.61. The van der Waals surface area contributed by atoms with Gasteiger partial charge in [-0.25, -0.2) is 4.79 Å². The van der Waals surface area contributed by atoms with Crippen molar-refractivity contribution >= 4 is 11.9 Å². The van der Waals surface area contributed by atoms with Crippen LogP contribution in [-0.2, 0) is 9.59 Å². The van der Waals surface area contributed by atoms with Gasteiger partial charge in [0, 0.05) is 6.42 Å². The Kier molecular flexibility index (Phi) is 5.36. The number of benzene rings is 1. The molecule has 1 N–H and O–H groups in total. The minimum atomic E-state index is -0.457. The number of aryl methyl sites for hydroxylation is 1. The summed E-state index contributed by atoms with van der Waals surface area (Å²) in [5.74, 6) is 0.214. The van der Waals surface area contributed by atoms with Crippen molar-refractivity contribution in [1.82, 2.24) is 5.32 Å². The quantitative estimate of drug-likeness (QED) is 0.642. The zero-order valence-electron chi connectivity index (χ0n) is 11.0. The maximum absolute atomic E-state index is 11.5. The summed E-state index contributed by atoms with van der Waals surface area (Å²) in [4.78, 5) is 22.9. The molecule has 0 fully saturated rings. The van der Waals surface area contributed by atoms with Crippen LogP contribution in [0.4, 0.5) is 0 Å². The first-order chi connectivity index (χ1) is 8.49. The molecule has 0 aliphatic heterocycles. The fourth-order valence-corrected chi connectivity index (χ4v) is 1.44. The van der Waals surface area contributed by atoms with Crippen molar-refractivity contribution in [3.63, 3.8) is 0 Å². The predicted molar refractivity (Wildman–Crippen MR) is 69.3 cm³/mol. The van der Waals surface area contributed by atoms with Gasteiger partial charge in [0.15, 0.2) is 0 Å². The average molecular weight is 249 g/mol. The van der Waals surface area contributed by atoms with Crippen molar-refractivity contribution in [2.75, 3.05) is 6.54 Å². The molecular weight excluding hydrogens is 230 g/mol. The zero-order chi connectivity index (χ0) is 13.5. The lowest BCUT2D eigenvalue weighted by Crippen LogP contribution is -2.32. The second kappa shape index (κ2) is 6.79. The highest BCUT2D eigenvalue weighted by molar-refractivity contribution is 5.83. The molecule has 1 aromatic carbocycles. The van der Waals surface area contributed by atoms with Crippen LogP contribution in [0, 0.1) is 12.8 Å². The van der Waals surface area contributed by atoms with Crippen molar-refractivity contribution in [3.8, 4) is 5.75 Å². The third-order valence-corrected chi connectivity index (χ3v) is 2.34. The Labute approximate surface area is 107 Å². The van der Waals surface area contributed by atoms with Crippen molar-refractivity contribution in [3.05, 3.63) is 29.8 Å². The van der Waals surface area contributed by atoms with Crippen LogP contribution in [0.15, 0.2) is 24.3 Å². The first-order valence-electron chi connectivity index (χ1n) is 6.02. The molecule has 0 bridgehead atoms. The van der Waals surface area contributed by atoms with Gasteiger partial charge in [-0.05, 0) is 24.5 Å². The summed E-state index contributed by atoms with van der Waals surface area (Å²) in [5.41, 5.74) is 0.888. The van der Waals surface area contributed by atoms with E-state index in [0.29, 0.717) is 12.2 Å². The molecule has 0 atom stereocenters. The second-order valence-electron chi connectivity index (χ2n) is 4.61. The van der Waals surface area contributed by atoms with E-state index in [2.05, 4.69) is 5.32 Å². The van der Waals surface area contributed by atoms with Gasteiger partial charge in [-0.15, -0.1) is 0 Å². The first-order valence-corrected chi connectivity index (χ1v) is 6.02. The Balaban J connectivity index is 2.39. The van der Waals surface area contributed by atoms with Crippen LogP contribution in [-0.4, -0.2) is 18.4 Å². The number of esters is 1. The number of para-hydroxylation sites is 1. The van der Waals surface area contributed by atoms with Crippen molar-refractivity contribution in [1.29, 1.82) is 0 Å². The molecule has 1 amide bonds. The molecule has 4 nitrogen and oxygen atoms in total. The lowest BCUT2D eigenvalue weighted by atomic mass is 10.1. The van der Waals surface area contributed by atoms with Crippen LogP contribution < -0.4 is 10.1 Å². The molecule has 1 rings (SSSR count). The molecule has 0 saturated carbocycles. The molecule has 0 radical (unpaired) electrons. The molecule has 1 aromatic rings. The number of carbonyl (C=O) groups is 2. The summed E-state index contributed by atoms with van der Waals surface area (Å²) in [6.45, 7) is 5.66. The van der Waals surface area contributed by atoms with Crippen LogP contribution in [0.2, 0.25) is 0 Å². The molecule has 0 unspecified atom stereocenters. The predicted octanol–water partition coefficient (Wildman–Crippen LogP) is 2.06. The molecule has 0 spiro atoms. The molecule has 4 heteroatoms. The number of amides is 1. The fraction of sp³-hybridized carbons (Fsp3) is 0.429. The monoisotopic (exact) mass is 249 g/mol. The Morgan fingerprint density at radius 1 is 1.28 bits per heavy atom. The number of hydrogen-bond acceptors (Lipinski definition) is 3. The molecule has 0 aliphatic rings. The van der Waals surface area contributed by atoms with Gasteiger partial charge in [0.1, 0.15) is 12.3 Å². The topological polar surface area (TPSA) is 55.4 Å². The molecule has 18 heavy (non-hydrogen) atoms. The van der Waals surface area contributed by atoms with Gasteiger partial charge in [-0.1, -0.05) is 32.0 Å². The maximum atomic E-state index is 11.5. The molecule has 0 aliphatic carbocycles. The van der Waals surface area contributed by atoms with E-state index in [0.717, 1.165) is 5.56 Å². The normalized spacial score (nSPS) is 10.2. The number of nitrogens with one attached hydrogen (secondary N) is 1. The molecule has 0 saturated heterocycles. The minimum absolute atomic E-state index is 0.0973. The van der Waals surface area contributed by atoms with Crippen molar-refractivity contribution < 1.29 is 14.3 Å². The lowest BCUT2D eigenvalue weighted by Gasteiger charge is -2.08. The van der Waals surface area contributed by atoms with Crippen molar-refractivity contribution in [2.45, 2.75) is 27.2 Å². The fourth-order valence-electron chi connectivity index (χ4n) is 1.44. The smallest absolute Gasteiger partial charge is 0.330 e. The molecule has 98 valence electrons. The summed E-state index contributed by atoms with van der Waals surface area (Å²) >= 11 is 0. The van der Waals surface area contributed by atoms with E-state index in [4.69, 9.17) is 4.74 Å². The maximum Gasteiger partial charge on any atom is 0.330 e. The van der Waals surface area contributed by atoms with Crippen LogP contribution in [0.3, 0.4) is 0 Å². The standard InChI is InChI=1S/C14H19NO3/c1-10(2)8-13(16)15-9-14(17)18-12-7-5-4-6-11(12)3/h4-7,10H,8-9H2,1-3H3,(H,15,16). The highest BCUT2D eigenvalue weighted by Gasteiger charge is 2.09. The van der Waals surface area contributed by atoms with Crippen LogP contribution in [0.5, 0.6) is 5.75 Å². The van der Waals surface area contributed by atoms with E-state index < -0.39 is 5.97 Å². The summed E-state index contributed by atoms with van der Waals surface area (Å²) in [7, 11) is 0. The van der Waals surface area contributed by atoms with Gasteiger partial charge in [0.2, 0.25) is 5.91 Å². The first kappa shape index (κ1) is 14.2. The van der Waals surface area contributed by atoms with Crippen LogP contribution in [0.25, 0.3) is 0 Å². The van der Waals surface area contributed by atoms with E-state index in [1.165, 1.54) is 0 Å². The van der Waals surface area contributed by atoms with E-state index in [-0.39, 0.29) is 18.4 Å². The Morgan fingerprint density at radius 3 is 2.56 bits per heavy atom. The zero-order valence-corrected chi connectivity index (χ0v) is 11.0. The highest BCUT2D eigenvalue weighted by Crippen LogP contribution is 2.15. The van der Waals surface area contributed by atoms with Crippen molar-refractivity contribution in [2.24, 2.45) is 5.92 Å². The van der Waals surface area contributed by atoms with Gasteiger partial charge < -0.3 is 10.1 Å². The van der Waals surface area contributed by atoms with Gasteiger partial charge in [-0.2, -0.15) is 0 Å². The van der Waals surface area contributed by atoms with E-state index in [1.54, 1.807) is 12.1 Å². The Hall–Kier alpha value is -1.84. The van der Waals surface area contributed by atoms with Crippen LogP contribution in [0.1, 0.15) is 25.8 Å². The number of carbonyl (C=O) groups excluding carboxylic acids is 2. The van der Waals surface area contributed by atoms with E-state index >= 15 is 0 Å². The molecule has 0 heterocycles. The number of rotatable bonds is 5. The summed E-state index contributed by atoms with van der Waals surface area (Å²) in [5, 5.41) is 2.54. The Bertz CT molecular complexity index is 427. The summed E-state index contributed by atoms with van der Waals surface area (Å²) in [6, 6.07) is 7.26. The number of ether oxygens (including phenoxy) is 1. The van der Waals surface area contributed by atoms with Crippen LogP contribution >= 0.6 is 0 Å². The van der Waals surface area contributed by atoms with E-state index in [9.17, 15) is 9.59 Å². The average Bonchev–Trinajstić information content (AvgIpc) is 2.29.